The summed E-state index contributed by atoms with van der Waals surface area (Å²) in [5.74, 6) is 0.227. The summed E-state index contributed by atoms with van der Waals surface area (Å²) in [4.78, 5) is 21.3. The van der Waals surface area contributed by atoms with Crippen molar-refractivity contribution in [1.82, 2.24) is 14.5 Å². The van der Waals surface area contributed by atoms with Crippen LogP contribution in [0.3, 0.4) is 0 Å². The molecule has 6 heteroatoms. The van der Waals surface area contributed by atoms with Gasteiger partial charge in [-0.2, -0.15) is 5.26 Å². The standard InChI is InChI=1S/C20H16N4OS/c1-12-6-5-9-16(13(12)2)24-19(25)18-17(23-20(24)26-11-10-21)14-7-3-4-8-15(14)22-18/h3-9,22H,11H2,1-2H3. The summed E-state index contributed by atoms with van der Waals surface area (Å²) in [5, 5.41) is 10.4. The summed E-state index contributed by atoms with van der Waals surface area (Å²) in [5.41, 5.74) is 4.76. The van der Waals surface area contributed by atoms with E-state index in [-0.39, 0.29) is 11.3 Å². The Morgan fingerprint density at radius 1 is 1.19 bits per heavy atom. The molecule has 26 heavy (non-hydrogen) atoms. The molecule has 1 N–H and O–H groups in total. The Morgan fingerprint density at radius 2 is 2.00 bits per heavy atom. The molecule has 0 aliphatic heterocycles. The van der Waals surface area contributed by atoms with Crippen LogP contribution in [0.4, 0.5) is 0 Å². The number of aromatic nitrogens is 3. The Hall–Kier alpha value is -3.04. The van der Waals surface area contributed by atoms with Crippen LogP contribution in [0.5, 0.6) is 0 Å². The second-order valence-corrected chi connectivity index (χ2v) is 7.04. The van der Waals surface area contributed by atoms with Gasteiger partial charge in [-0.1, -0.05) is 42.1 Å². The quantitative estimate of drug-likeness (QED) is 0.441. The number of thioether (sulfide) groups is 1. The maximum atomic E-state index is 13.3. The third-order valence-electron chi connectivity index (χ3n) is 4.58. The van der Waals surface area contributed by atoms with E-state index in [0.29, 0.717) is 16.2 Å². The molecule has 4 aromatic rings. The van der Waals surface area contributed by atoms with Crippen LogP contribution in [0.1, 0.15) is 11.1 Å². The molecule has 4 rings (SSSR count). The Bertz CT molecular complexity index is 1250. The predicted octanol–water partition coefficient (Wildman–Crippen LogP) is 4.10. The predicted molar refractivity (Wildman–Crippen MR) is 105 cm³/mol. The van der Waals surface area contributed by atoms with Crippen molar-refractivity contribution in [2.24, 2.45) is 0 Å². The largest absolute Gasteiger partial charge is 0.349 e. The van der Waals surface area contributed by atoms with E-state index in [1.54, 1.807) is 4.57 Å². The van der Waals surface area contributed by atoms with Crippen LogP contribution >= 0.6 is 11.8 Å². The highest BCUT2D eigenvalue weighted by Gasteiger charge is 2.18. The minimum atomic E-state index is -0.152. The number of aromatic amines is 1. The highest BCUT2D eigenvalue weighted by molar-refractivity contribution is 7.99. The molecule has 0 spiro atoms. The number of para-hydroxylation sites is 1. The number of rotatable bonds is 3. The van der Waals surface area contributed by atoms with Crippen LogP contribution in [-0.2, 0) is 0 Å². The smallest absolute Gasteiger partial charge is 0.283 e. The molecule has 0 atom stereocenters. The van der Waals surface area contributed by atoms with Gasteiger partial charge in [0, 0.05) is 10.9 Å². The molecule has 2 aromatic heterocycles. The SMILES string of the molecule is Cc1cccc(-n2c(SCC#N)nc3c([nH]c4ccccc43)c2=O)c1C. The summed E-state index contributed by atoms with van der Waals surface area (Å²) in [7, 11) is 0. The zero-order chi connectivity index (χ0) is 18.3. The first kappa shape index (κ1) is 16.4. The number of benzene rings is 2. The topological polar surface area (TPSA) is 74.5 Å². The molecule has 0 aliphatic carbocycles. The average Bonchev–Trinajstić information content (AvgIpc) is 3.02. The van der Waals surface area contributed by atoms with Crippen molar-refractivity contribution in [3.63, 3.8) is 0 Å². The summed E-state index contributed by atoms with van der Waals surface area (Å²) in [6.07, 6.45) is 0. The van der Waals surface area contributed by atoms with E-state index in [9.17, 15) is 4.79 Å². The molecule has 2 heterocycles. The normalized spacial score (nSPS) is 11.1. The Kier molecular flexibility index (Phi) is 4.02. The highest BCUT2D eigenvalue weighted by atomic mass is 32.2. The van der Waals surface area contributed by atoms with Gasteiger partial charge in [0.15, 0.2) is 5.16 Å². The fourth-order valence-corrected chi connectivity index (χ4v) is 3.79. The van der Waals surface area contributed by atoms with E-state index in [0.717, 1.165) is 27.7 Å². The van der Waals surface area contributed by atoms with Gasteiger partial charge >= 0.3 is 0 Å². The van der Waals surface area contributed by atoms with E-state index >= 15 is 0 Å². The van der Waals surface area contributed by atoms with Gasteiger partial charge in [-0.25, -0.2) is 4.98 Å². The molecule has 0 unspecified atom stereocenters. The van der Waals surface area contributed by atoms with Gasteiger partial charge in [0.2, 0.25) is 0 Å². The van der Waals surface area contributed by atoms with E-state index in [4.69, 9.17) is 10.2 Å². The molecular formula is C20H16N4OS. The molecule has 0 saturated heterocycles. The Morgan fingerprint density at radius 3 is 2.81 bits per heavy atom. The van der Waals surface area contributed by atoms with E-state index in [2.05, 4.69) is 11.1 Å². The van der Waals surface area contributed by atoms with Gasteiger partial charge in [0.05, 0.1) is 17.5 Å². The van der Waals surface area contributed by atoms with Crippen LogP contribution in [0.25, 0.3) is 27.6 Å². The maximum Gasteiger partial charge on any atom is 0.283 e. The van der Waals surface area contributed by atoms with Crippen molar-refractivity contribution in [2.75, 3.05) is 5.75 Å². The maximum absolute atomic E-state index is 13.3. The number of nitrogens with one attached hydrogen (secondary N) is 1. The first-order valence-corrected chi connectivity index (χ1v) is 9.20. The zero-order valence-corrected chi connectivity index (χ0v) is 15.2. The van der Waals surface area contributed by atoms with Crippen molar-refractivity contribution in [3.05, 3.63) is 63.9 Å². The lowest BCUT2D eigenvalue weighted by molar-refractivity contribution is 0.813. The van der Waals surface area contributed by atoms with Crippen molar-refractivity contribution in [1.29, 1.82) is 5.26 Å². The van der Waals surface area contributed by atoms with Gasteiger partial charge in [0.1, 0.15) is 11.0 Å². The lowest BCUT2D eigenvalue weighted by Gasteiger charge is -2.14. The Balaban J connectivity index is 2.12. The molecule has 0 fully saturated rings. The third kappa shape index (κ3) is 2.49. The fourth-order valence-electron chi connectivity index (χ4n) is 3.13. The minimum Gasteiger partial charge on any atom is -0.349 e. The lowest BCUT2D eigenvalue weighted by atomic mass is 10.1. The van der Waals surface area contributed by atoms with E-state index < -0.39 is 0 Å². The molecule has 0 radical (unpaired) electrons. The summed E-state index contributed by atoms with van der Waals surface area (Å²) >= 11 is 1.27. The van der Waals surface area contributed by atoms with Crippen LogP contribution in [-0.4, -0.2) is 20.3 Å². The first-order valence-electron chi connectivity index (χ1n) is 8.21. The van der Waals surface area contributed by atoms with Gasteiger partial charge in [-0.15, -0.1) is 0 Å². The zero-order valence-electron chi connectivity index (χ0n) is 14.4. The number of fused-ring (bicyclic) bond motifs is 3. The van der Waals surface area contributed by atoms with E-state index in [1.165, 1.54) is 11.8 Å². The van der Waals surface area contributed by atoms with Crippen LogP contribution in [0.2, 0.25) is 0 Å². The molecule has 0 saturated carbocycles. The van der Waals surface area contributed by atoms with Crippen LogP contribution in [0, 0.1) is 25.2 Å². The number of nitriles is 1. The van der Waals surface area contributed by atoms with Crippen molar-refractivity contribution < 1.29 is 0 Å². The number of aryl methyl sites for hydroxylation is 1. The Labute approximate surface area is 154 Å². The van der Waals surface area contributed by atoms with E-state index in [1.807, 2.05) is 56.3 Å². The van der Waals surface area contributed by atoms with Gasteiger partial charge in [0.25, 0.3) is 5.56 Å². The van der Waals surface area contributed by atoms with Gasteiger partial charge in [-0.3, -0.25) is 9.36 Å². The third-order valence-corrected chi connectivity index (χ3v) is 5.38. The number of hydrogen-bond acceptors (Lipinski definition) is 4. The number of H-pyrrole nitrogens is 1. The van der Waals surface area contributed by atoms with Crippen LogP contribution < -0.4 is 5.56 Å². The second-order valence-electron chi connectivity index (χ2n) is 6.09. The molecule has 0 aliphatic rings. The molecule has 0 amide bonds. The molecular weight excluding hydrogens is 344 g/mol. The van der Waals surface area contributed by atoms with Gasteiger partial charge < -0.3 is 4.98 Å². The highest BCUT2D eigenvalue weighted by Crippen LogP contribution is 2.27. The monoisotopic (exact) mass is 360 g/mol. The van der Waals surface area contributed by atoms with Gasteiger partial charge in [-0.05, 0) is 37.1 Å². The molecule has 5 nitrogen and oxygen atoms in total. The second kappa shape index (κ2) is 6.36. The molecule has 0 bridgehead atoms. The minimum absolute atomic E-state index is 0.152. The first-order chi connectivity index (χ1) is 12.6. The van der Waals surface area contributed by atoms with Crippen molar-refractivity contribution in [3.8, 4) is 11.8 Å². The van der Waals surface area contributed by atoms with Crippen molar-refractivity contribution in [2.45, 2.75) is 19.0 Å². The number of nitrogens with zero attached hydrogens (tertiary/aromatic N) is 3. The van der Waals surface area contributed by atoms with Crippen molar-refractivity contribution >= 4 is 33.7 Å². The summed E-state index contributed by atoms with van der Waals surface area (Å²) in [6.45, 7) is 4.01. The fraction of sp³-hybridized carbons (Fsp3) is 0.150. The molecule has 2 aromatic carbocycles. The molecule has 128 valence electrons. The summed E-state index contributed by atoms with van der Waals surface area (Å²) in [6, 6.07) is 15.7. The summed E-state index contributed by atoms with van der Waals surface area (Å²) < 4.78 is 1.61. The average molecular weight is 360 g/mol. The lowest BCUT2D eigenvalue weighted by Crippen LogP contribution is -2.22. The van der Waals surface area contributed by atoms with Crippen LogP contribution in [0.15, 0.2) is 52.4 Å². The number of hydrogen-bond donors (Lipinski definition) is 1.